The van der Waals surface area contributed by atoms with Crippen molar-refractivity contribution < 1.29 is 24.2 Å². The Morgan fingerprint density at radius 3 is 2.48 bits per heavy atom. The lowest BCUT2D eigenvalue weighted by Gasteiger charge is -2.18. The van der Waals surface area contributed by atoms with E-state index in [2.05, 4.69) is 11.6 Å². The molecule has 0 bridgehead atoms. The number of nitrogens with zero attached hydrogens (tertiary/aromatic N) is 2. The molecule has 0 saturated carbocycles. The average molecular weight is 298 g/mol. The van der Waals surface area contributed by atoms with Crippen molar-refractivity contribution in [1.82, 2.24) is 4.90 Å². The van der Waals surface area contributed by atoms with E-state index in [1.165, 1.54) is 11.0 Å². The molecule has 0 fully saturated rings. The Morgan fingerprint density at radius 2 is 1.86 bits per heavy atom. The average Bonchev–Trinajstić information content (AvgIpc) is 2.47. The molecule has 1 N–H and O–H groups in total. The van der Waals surface area contributed by atoms with Gasteiger partial charge in [0.05, 0.1) is 13.2 Å². The molecular weight excluding hydrogens is 276 g/mol. The van der Waals surface area contributed by atoms with E-state index in [1.807, 2.05) is 0 Å². The number of hydrogen-bond acceptors (Lipinski definition) is 5. The number of unbranched alkanes of at least 4 members (excludes halogenated alkanes) is 3. The van der Waals surface area contributed by atoms with Crippen LogP contribution in [0.15, 0.2) is 17.6 Å². The largest absolute Gasteiger partial charge is 0.465 e. The van der Waals surface area contributed by atoms with Gasteiger partial charge in [0, 0.05) is 19.2 Å². The zero-order chi connectivity index (χ0) is 15.9. The Labute approximate surface area is 124 Å². The molecular formula is C14H22N2O5. The van der Waals surface area contributed by atoms with Crippen LogP contribution in [0.25, 0.3) is 0 Å². The van der Waals surface area contributed by atoms with E-state index in [4.69, 9.17) is 9.84 Å². The molecule has 0 saturated heterocycles. The summed E-state index contributed by atoms with van der Waals surface area (Å²) in [4.78, 5) is 36.4. The Balaban J connectivity index is 3.72. The number of isocyanates is 1. The van der Waals surface area contributed by atoms with Crippen molar-refractivity contribution in [2.75, 3.05) is 26.2 Å². The molecule has 7 heteroatoms. The predicted octanol–water partition coefficient (Wildman–Crippen LogP) is 1.98. The summed E-state index contributed by atoms with van der Waals surface area (Å²) >= 11 is 0. The number of carbonyl (C=O) groups is 2. The smallest absolute Gasteiger partial charge is 0.407 e. The van der Waals surface area contributed by atoms with E-state index >= 15 is 0 Å². The zero-order valence-electron chi connectivity index (χ0n) is 12.1. The number of amides is 1. The second-order valence-corrected chi connectivity index (χ2v) is 4.38. The summed E-state index contributed by atoms with van der Waals surface area (Å²) in [6.07, 6.45) is 5.37. The summed E-state index contributed by atoms with van der Waals surface area (Å²) in [5.41, 5.74) is 0. The zero-order valence-corrected chi connectivity index (χ0v) is 12.1. The summed E-state index contributed by atoms with van der Waals surface area (Å²) in [5, 5.41) is 9.04. The fourth-order valence-electron chi connectivity index (χ4n) is 1.68. The standard InChI is InChI=1S/C14H22N2O5/c1-2-13(18)21-11-7-10-16(14(19)20)9-6-4-3-5-8-15-12-17/h2H,1,3-11H2,(H,19,20). The fourth-order valence-corrected chi connectivity index (χ4v) is 1.68. The molecule has 7 nitrogen and oxygen atoms in total. The number of rotatable bonds is 12. The summed E-state index contributed by atoms with van der Waals surface area (Å²) < 4.78 is 4.78. The second-order valence-electron chi connectivity index (χ2n) is 4.38. The minimum Gasteiger partial charge on any atom is -0.465 e. The molecule has 0 heterocycles. The van der Waals surface area contributed by atoms with Crippen LogP contribution in [0, 0.1) is 0 Å². The van der Waals surface area contributed by atoms with Crippen LogP contribution < -0.4 is 0 Å². The van der Waals surface area contributed by atoms with Gasteiger partial charge < -0.3 is 14.7 Å². The maximum atomic E-state index is 11.0. The molecule has 0 rings (SSSR count). The minimum absolute atomic E-state index is 0.179. The van der Waals surface area contributed by atoms with Crippen molar-refractivity contribution >= 4 is 18.1 Å². The van der Waals surface area contributed by atoms with E-state index in [9.17, 15) is 14.4 Å². The molecule has 0 unspecified atom stereocenters. The summed E-state index contributed by atoms with van der Waals surface area (Å²) in [7, 11) is 0. The first-order valence-electron chi connectivity index (χ1n) is 6.92. The van der Waals surface area contributed by atoms with Gasteiger partial charge in [0.15, 0.2) is 0 Å². The summed E-state index contributed by atoms with van der Waals surface area (Å²) in [6.45, 7) is 4.70. The third-order valence-electron chi connectivity index (χ3n) is 2.77. The van der Waals surface area contributed by atoms with Gasteiger partial charge >= 0.3 is 12.1 Å². The highest BCUT2D eigenvalue weighted by Crippen LogP contribution is 2.03. The molecule has 0 aromatic rings. The molecule has 1 amide bonds. The van der Waals surface area contributed by atoms with Crippen molar-refractivity contribution in [3.63, 3.8) is 0 Å². The van der Waals surface area contributed by atoms with Crippen molar-refractivity contribution in [3.05, 3.63) is 12.7 Å². The van der Waals surface area contributed by atoms with E-state index < -0.39 is 12.1 Å². The summed E-state index contributed by atoms with van der Waals surface area (Å²) in [5.74, 6) is -0.505. The first-order valence-corrected chi connectivity index (χ1v) is 6.92. The Kier molecular flexibility index (Phi) is 11.6. The maximum absolute atomic E-state index is 11.0. The molecule has 0 aliphatic heterocycles. The van der Waals surface area contributed by atoms with Gasteiger partial charge in [-0.1, -0.05) is 19.4 Å². The van der Waals surface area contributed by atoms with Crippen LogP contribution in [0.3, 0.4) is 0 Å². The third-order valence-corrected chi connectivity index (χ3v) is 2.77. The molecule has 0 atom stereocenters. The van der Waals surface area contributed by atoms with E-state index in [-0.39, 0.29) is 6.61 Å². The number of hydrogen-bond donors (Lipinski definition) is 1. The van der Waals surface area contributed by atoms with E-state index in [0.29, 0.717) is 26.1 Å². The van der Waals surface area contributed by atoms with Gasteiger partial charge in [-0.05, 0) is 19.3 Å². The minimum atomic E-state index is -0.976. The molecule has 0 aliphatic carbocycles. The topological polar surface area (TPSA) is 96.3 Å². The van der Waals surface area contributed by atoms with E-state index in [1.54, 1.807) is 0 Å². The number of aliphatic imine (C=N–C) groups is 1. The van der Waals surface area contributed by atoms with Crippen molar-refractivity contribution in [2.24, 2.45) is 4.99 Å². The van der Waals surface area contributed by atoms with Crippen LogP contribution in [0.1, 0.15) is 32.1 Å². The first kappa shape index (κ1) is 18.9. The summed E-state index contributed by atoms with van der Waals surface area (Å²) in [6, 6.07) is 0. The van der Waals surface area contributed by atoms with Gasteiger partial charge in [0.2, 0.25) is 6.08 Å². The monoisotopic (exact) mass is 298 g/mol. The maximum Gasteiger partial charge on any atom is 0.407 e. The van der Waals surface area contributed by atoms with Crippen molar-refractivity contribution in [1.29, 1.82) is 0 Å². The number of ether oxygens (including phenoxy) is 1. The van der Waals surface area contributed by atoms with Crippen molar-refractivity contribution in [2.45, 2.75) is 32.1 Å². The van der Waals surface area contributed by atoms with Gasteiger partial charge in [0.1, 0.15) is 0 Å². The SMILES string of the molecule is C=CC(=O)OCCCN(CCCCCCN=C=O)C(=O)O. The van der Waals surface area contributed by atoms with E-state index in [0.717, 1.165) is 31.8 Å². The molecule has 0 aromatic heterocycles. The van der Waals surface area contributed by atoms with Gasteiger partial charge in [-0.15, -0.1) is 0 Å². The Morgan fingerprint density at radius 1 is 1.19 bits per heavy atom. The first-order chi connectivity index (χ1) is 10.1. The van der Waals surface area contributed by atoms with Crippen LogP contribution in [-0.4, -0.2) is 54.4 Å². The highest BCUT2D eigenvalue weighted by molar-refractivity contribution is 5.81. The molecule has 118 valence electrons. The lowest BCUT2D eigenvalue weighted by molar-refractivity contribution is -0.137. The van der Waals surface area contributed by atoms with Gasteiger partial charge in [-0.2, -0.15) is 0 Å². The predicted molar refractivity (Wildman–Crippen MR) is 76.8 cm³/mol. The van der Waals surface area contributed by atoms with Crippen LogP contribution in [0.4, 0.5) is 4.79 Å². The second kappa shape index (κ2) is 12.9. The Hall–Kier alpha value is -2.14. The third kappa shape index (κ3) is 11.4. The molecule has 0 spiro atoms. The van der Waals surface area contributed by atoms with Gasteiger partial charge in [-0.3, -0.25) is 0 Å². The fraction of sp³-hybridized carbons (Fsp3) is 0.643. The molecule has 0 aromatic carbocycles. The van der Waals surface area contributed by atoms with Crippen LogP contribution >= 0.6 is 0 Å². The van der Waals surface area contributed by atoms with Crippen molar-refractivity contribution in [3.8, 4) is 0 Å². The van der Waals surface area contributed by atoms with Crippen LogP contribution in [0.5, 0.6) is 0 Å². The van der Waals surface area contributed by atoms with Crippen LogP contribution in [0.2, 0.25) is 0 Å². The highest BCUT2D eigenvalue weighted by Gasteiger charge is 2.10. The molecule has 0 radical (unpaired) electrons. The van der Waals surface area contributed by atoms with Crippen LogP contribution in [-0.2, 0) is 14.3 Å². The quantitative estimate of drug-likeness (QED) is 0.195. The molecule has 21 heavy (non-hydrogen) atoms. The highest BCUT2D eigenvalue weighted by atomic mass is 16.5. The molecule has 0 aliphatic rings. The number of carbonyl (C=O) groups excluding carboxylic acids is 2. The lowest BCUT2D eigenvalue weighted by Crippen LogP contribution is -2.32. The normalized spacial score (nSPS) is 9.52. The number of esters is 1. The van der Waals surface area contributed by atoms with Gasteiger partial charge in [0.25, 0.3) is 0 Å². The van der Waals surface area contributed by atoms with Gasteiger partial charge in [-0.25, -0.2) is 19.4 Å². The number of carboxylic acid groups (broad SMARTS) is 1. The lowest BCUT2D eigenvalue weighted by atomic mass is 10.2. The Bertz CT molecular complexity index is 378.